The van der Waals surface area contributed by atoms with E-state index in [0.29, 0.717) is 27.8 Å². The zero-order valence-electron chi connectivity index (χ0n) is 21.6. The van der Waals surface area contributed by atoms with Crippen molar-refractivity contribution < 1.29 is 23.8 Å². The van der Waals surface area contributed by atoms with Crippen LogP contribution in [-0.2, 0) is 16.6 Å². The van der Waals surface area contributed by atoms with Crippen LogP contribution in [0.1, 0.15) is 23.0 Å². The first-order chi connectivity index (χ1) is 18.2. The minimum atomic E-state index is -1.21. The molecule has 0 saturated heterocycles. The molecule has 1 heterocycles. The van der Waals surface area contributed by atoms with Crippen LogP contribution in [0.4, 0.5) is 5.69 Å². The number of anilines is 1. The fourth-order valence-corrected chi connectivity index (χ4v) is 4.42. The van der Waals surface area contributed by atoms with Crippen LogP contribution in [0.2, 0.25) is 5.02 Å². The van der Waals surface area contributed by atoms with Gasteiger partial charge in [-0.3, -0.25) is 9.59 Å². The summed E-state index contributed by atoms with van der Waals surface area (Å²) in [6.07, 6.45) is -1.21. The second-order valence-electron chi connectivity index (χ2n) is 8.72. The highest BCUT2D eigenvalue weighted by atomic mass is 35.5. The Morgan fingerprint density at radius 1 is 0.947 bits per heavy atom. The number of methoxy groups -OCH3 is 2. The number of carbonyl (C=O) groups excluding carboxylic acids is 2. The molecule has 1 N–H and O–H groups in total. The summed E-state index contributed by atoms with van der Waals surface area (Å²) in [5.41, 5.74) is 2.31. The highest BCUT2D eigenvalue weighted by Gasteiger charge is 2.27. The van der Waals surface area contributed by atoms with Gasteiger partial charge in [0.15, 0.2) is 6.10 Å². The molecular formula is C29H27ClN2O6. The fourth-order valence-electron chi connectivity index (χ4n) is 4.18. The van der Waals surface area contributed by atoms with E-state index in [1.165, 1.54) is 44.9 Å². The van der Waals surface area contributed by atoms with E-state index in [1.807, 2.05) is 31.2 Å². The third kappa shape index (κ3) is 5.08. The lowest BCUT2D eigenvalue weighted by Gasteiger charge is -2.19. The normalized spacial score (nSPS) is 11.6. The highest BCUT2D eigenvalue weighted by Crippen LogP contribution is 2.36. The van der Waals surface area contributed by atoms with E-state index in [1.54, 1.807) is 24.3 Å². The Morgan fingerprint density at radius 3 is 2.21 bits per heavy atom. The molecule has 4 rings (SSSR count). The van der Waals surface area contributed by atoms with Crippen LogP contribution in [0.3, 0.4) is 0 Å². The minimum absolute atomic E-state index is 0.0438. The maximum Gasteiger partial charge on any atom is 0.356 e. The van der Waals surface area contributed by atoms with E-state index in [4.69, 9.17) is 25.8 Å². The number of nitrogens with one attached hydrogen (secondary N) is 1. The number of hydrogen-bond donors (Lipinski definition) is 1. The smallest absolute Gasteiger partial charge is 0.356 e. The van der Waals surface area contributed by atoms with Gasteiger partial charge in [0.1, 0.15) is 17.2 Å². The van der Waals surface area contributed by atoms with Gasteiger partial charge in [0.2, 0.25) is 0 Å². The van der Waals surface area contributed by atoms with Crippen molar-refractivity contribution in [2.24, 2.45) is 7.05 Å². The highest BCUT2D eigenvalue weighted by molar-refractivity contribution is 6.32. The average molecular weight is 535 g/mol. The quantitative estimate of drug-likeness (QED) is 0.320. The SMILES string of the molecule is COc1cc(OC)c(NC(=O)C(C)OC(=O)c2c(-c3ccc(C)cc3)c3ccccc3c(=O)n2C)cc1Cl. The van der Waals surface area contributed by atoms with Crippen molar-refractivity contribution in [3.63, 3.8) is 0 Å². The first kappa shape index (κ1) is 26.8. The van der Waals surface area contributed by atoms with Crippen molar-refractivity contribution in [2.45, 2.75) is 20.0 Å². The Hall–Kier alpha value is -4.30. The first-order valence-corrected chi connectivity index (χ1v) is 12.2. The van der Waals surface area contributed by atoms with E-state index in [-0.39, 0.29) is 22.0 Å². The van der Waals surface area contributed by atoms with Gasteiger partial charge in [0.25, 0.3) is 11.5 Å². The lowest BCUT2D eigenvalue weighted by Crippen LogP contribution is -2.33. The van der Waals surface area contributed by atoms with Crippen LogP contribution in [0, 0.1) is 6.92 Å². The van der Waals surface area contributed by atoms with Gasteiger partial charge in [-0.05, 0) is 36.9 Å². The van der Waals surface area contributed by atoms with Gasteiger partial charge in [-0.25, -0.2) is 4.79 Å². The molecule has 0 saturated carbocycles. The Bertz CT molecular complexity index is 1590. The summed E-state index contributed by atoms with van der Waals surface area (Å²) in [4.78, 5) is 39.7. The standard InChI is InChI=1S/C29H27ClN2O6/c1-16-10-12-18(13-11-16)25-19-8-6-7-9-20(19)28(34)32(3)26(25)29(35)38-17(2)27(33)31-22-14-21(30)23(36-4)15-24(22)37-5/h6-15,17H,1-5H3,(H,31,33). The summed E-state index contributed by atoms with van der Waals surface area (Å²) in [7, 11) is 4.41. The molecule has 0 fully saturated rings. The zero-order valence-corrected chi connectivity index (χ0v) is 22.4. The van der Waals surface area contributed by atoms with Gasteiger partial charge in [-0.1, -0.05) is 59.6 Å². The van der Waals surface area contributed by atoms with Gasteiger partial charge in [0.05, 0.1) is 24.9 Å². The monoisotopic (exact) mass is 534 g/mol. The van der Waals surface area contributed by atoms with Gasteiger partial charge in [-0.15, -0.1) is 0 Å². The van der Waals surface area contributed by atoms with Crippen molar-refractivity contribution in [3.05, 3.63) is 87.3 Å². The molecule has 8 nitrogen and oxygen atoms in total. The molecule has 3 aromatic carbocycles. The number of pyridine rings is 1. The number of nitrogens with zero attached hydrogens (tertiary/aromatic N) is 1. The number of halogens is 1. The van der Waals surface area contributed by atoms with E-state index in [0.717, 1.165) is 11.1 Å². The van der Waals surface area contributed by atoms with Crippen molar-refractivity contribution >= 4 is 39.9 Å². The second-order valence-corrected chi connectivity index (χ2v) is 9.13. The van der Waals surface area contributed by atoms with Crippen molar-refractivity contribution in [2.75, 3.05) is 19.5 Å². The molecule has 1 aromatic heterocycles. The topological polar surface area (TPSA) is 95.9 Å². The summed E-state index contributed by atoms with van der Waals surface area (Å²) < 4.78 is 17.3. The molecule has 1 amide bonds. The molecule has 4 aromatic rings. The third-order valence-corrected chi connectivity index (χ3v) is 6.52. The summed E-state index contributed by atoms with van der Waals surface area (Å²) in [6.45, 7) is 3.40. The number of rotatable bonds is 7. The van der Waals surface area contributed by atoms with Gasteiger partial charge in [-0.2, -0.15) is 0 Å². The van der Waals surface area contributed by atoms with E-state index < -0.39 is 18.0 Å². The maximum absolute atomic E-state index is 13.5. The molecule has 0 aliphatic rings. The summed E-state index contributed by atoms with van der Waals surface area (Å²) >= 11 is 6.20. The van der Waals surface area contributed by atoms with E-state index in [9.17, 15) is 14.4 Å². The predicted octanol–water partition coefficient (Wildman–Crippen LogP) is 5.37. The molecule has 0 radical (unpaired) electrons. The zero-order chi connectivity index (χ0) is 27.6. The molecule has 0 spiro atoms. The summed E-state index contributed by atoms with van der Waals surface area (Å²) in [5, 5.41) is 4.02. The molecule has 0 bridgehead atoms. The number of benzene rings is 3. The van der Waals surface area contributed by atoms with Crippen LogP contribution >= 0.6 is 11.6 Å². The average Bonchev–Trinajstić information content (AvgIpc) is 2.91. The van der Waals surface area contributed by atoms with Crippen LogP contribution in [0.5, 0.6) is 11.5 Å². The van der Waals surface area contributed by atoms with Gasteiger partial charge >= 0.3 is 5.97 Å². The molecule has 38 heavy (non-hydrogen) atoms. The maximum atomic E-state index is 13.5. The van der Waals surface area contributed by atoms with Crippen LogP contribution in [-0.4, -0.2) is 36.8 Å². The predicted molar refractivity (Wildman–Crippen MR) is 147 cm³/mol. The van der Waals surface area contributed by atoms with Gasteiger partial charge in [0, 0.05) is 24.1 Å². The Morgan fingerprint density at radius 2 is 1.58 bits per heavy atom. The van der Waals surface area contributed by atoms with E-state index in [2.05, 4.69) is 5.32 Å². The second kappa shape index (κ2) is 11.0. The van der Waals surface area contributed by atoms with Crippen LogP contribution in [0.15, 0.2) is 65.5 Å². The molecule has 0 aliphatic heterocycles. The van der Waals surface area contributed by atoms with Crippen molar-refractivity contribution in [1.29, 1.82) is 0 Å². The van der Waals surface area contributed by atoms with Crippen molar-refractivity contribution in [1.82, 2.24) is 4.57 Å². The Balaban J connectivity index is 1.70. The molecule has 196 valence electrons. The number of ether oxygens (including phenoxy) is 3. The Kier molecular flexibility index (Phi) is 7.73. The molecule has 1 unspecified atom stereocenters. The first-order valence-electron chi connectivity index (χ1n) is 11.8. The molecule has 9 heteroatoms. The van der Waals surface area contributed by atoms with Crippen LogP contribution in [0.25, 0.3) is 21.9 Å². The number of amides is 1. The third-order valence-electron chi connectivity index (χ3n) is 6.22. The Labute approximate surface area is 224 Å². The largest absolute Gasteiger partial charge is 0.495 e. The summed E-state index contributed by atoms with van der Waals surface area (Å²) in [6, 6.07) is 17.7. The number of esters is 1. The van der Waals surface area contributed by atoms with E-state index >= 15 is 0 Å². The lowest BCUT2D eigenvalue weighted by molar-refractivity contribution is -0.123. The van der Waals surface area contributed by atoms with Crippen LogP contribution < -0.4 is 20.3 Å². The number of carbonyl (C=O) groups is 2. The lowest BCUT2D eigenvalue weighted by atomic mass is 9.96. The van der Waals surface area contributed by atoms with Gasteiger partial charge < -0.3 is 24.1 Å². The number of fused-ring (bicyclic) bond motifs is 1. The fraction of sp³-hybridized carbons (Fsp3) is 0.207. The number of aromatic nitrogens is 1. The summed E-state index contributed by atoms with van der Waals surface area (Å²) in [5.74, 6) is -0.729. The van der Waals surface area contributed by atoms with Crippen molar-refractivity contribution in [3.8, 4) is 22.6 Å². The minimum Gasteiger partial charge on any atom is -0.495 e. The molecule has 1 atom stereocenters. The molecule has 0 aliphatic carbocycles. The molecular weight excluding hydrogens is 508 g/mol. The number of aryl methyl sites for hydroxylation is 1. The number of hydrogen-bond acceptors (Lipinski definition) is 6.